The standard InChI is InChI=1S/C15H23N3O.2ClH/c1-3-7-18-9-12-5-4-6-14(13(12)10-18)17-15(19)11(2)8-16;;/h4-6,11H,3,7-10,16H2,1-2H3,(H,17,19);2*1H. The number of carbonyl (C=O) groups is 1. The van der Waals surface area contributed by atoms with Crippen LogP contribution in [0.4, 0.5) is 5.69 Å². The molecule has 0 spiro atoms. The van der Waals surface area contributed by atoms with E-state index in [1.165, 1.54) is 11.1 Å². The van der Waals surface area contributed by atoms with Gasteiger partial charge in [-0.25, -0.2) is 0 Å². The van der Waals surface area contributed by atoms with Gasteiger partial charge in [0.1, 0.15) is 0 Å². The largest absolute Gasteiger partial charge is 0.330 e. The van der Waals surface area contributed by atoms with Crippen LogP contribution in [0.5, 0.6) is 0 Å². The van der Waals surface area contributed by atoms with Gasteiger partial charge in [0.15, 0.2) is 0 Å². The van der Waals surface area contributed by atoms with Crippen LogP contribution in [0.1, 0.15) is 31.4 Å². The Balaban J connectivity index is 0.00000200. The summed E-state index contributed by atoms with van der Waals surface area (Å²) in [5, 5.41) is 3.01. The molecule has 0 bridgehead atoms. The van der Waals surface area contributed by atoms with E-state index in [4.69, 9.17) is 5.73 Å². The van der Waals surface area contributed by atoms with E-state index in [-0.39, 0.29) is 36.6 Å². The van der Waals surface area contributed by atoms with Gasteiger partial charge in [-0.15, -0.1) is 24.8 Å². The summed E-state index contributed by atoms with van der Waals surface area (Å²) in [6, 6.07) is 6.14. The third kappa shape index (κ3) is 4.85. The van der Waals surface area contributed by atoms with Gasteiger partial charge in [0, 0.05) is 31.2 Å². The zero-order chi connectivity index (χ0) is 13.8. The minimum absolute atomic E-state index is 0. The molecule has 1 aliphatic rings. The van der Waals surface area contributed by atoms with Crippen molar-refractivity contribution in [1.82, 2.24) is 4.90 Å². The monoisotopic (exact) mass is 333 g/mol. The second kappa shape index (κ2) is 9.26. The second-order valence-electron chi connectivity index (χ2n) is 5.28. The summed E-state index contributed by atoms with van der Waals surface area (Å²) >= 11 is 0. The molecule has 2 rings (SSSR count). The summed E-state index contributed by atoms with van der Waals surface area (Å²) in [6.45, 7) is 7.43. The van der Waals surface area contributed by atoms with Crippen LogP contribution in [0.2, 0.25) is 0 Å². The van der Waals surface area contributed by atoms with Gasteiger partial charge < -0.3 is 11.1 Å². The zero-order valence-corrected chi connectivity index (χ0v) is 14.2. The van der Waals surface area contributed by atoms with Crippen molar-refractivity contribution in [3.05, 3.63) is 29.3 Å². The number of nitrogens with two attached hydrogens (primary N) is 1. The summed E-state index contributed by atoms with van der Waals surface area (Å²) in [7, 11) is 0. The van der Waals surface area contributed by atoms with Crippen molar-refractivity contribution in [1.29, 1.82) is 0 Å². The van der Waals surface area contributed by atoms with E-state index in [1.54, 1.807) is 0 Å². The summed E-state index contributed by atoms with van der Waals surface area (Å²) in [6.07, 6.45) is 1.15. The third-order valence-corrected chi connectivity index (χ3v) is 3.65. The highest BCUT2D eigenvalue weighted by molar-refractivity contribution is 5.93. The average molecular weight is 334 g/mol. The first-order chi connectivity index (χ1) is 9.15. The maximum atomic E-state index is 11.9. The lowest BCUT2D eigenvalue weighted by Crippen LogP contribution is -2.27. The Morgan fingerprint density at radius 1 is 1.38 bits per heavy atom. The van der Waals surface area contributed by atoms with Crippen LogP contribution in [0.15, 0.2) is 18.2 Å². The Hall–Kier alpha value is -0.810. The molecule has 4 nitrogen and oxygen atoms in total. The summed E-state index contributed by atoms with van der Waals surface area (Å²) in [5.41, 5.74) is 9.06. The molecule has 1 aromatic carbocycles. The van der Waals surface area contributed by atoms with Crippen LogP contribution in [-0.2, 0) is 17.9 Å². The molecule has 0 fully saturated rings. The number of hydrogen-bond donors (Lipinski definition) is 2. The normalized spacial score (nSPS) is 14.6. The van der Waals surface area contributed by atoms with Crippen LogP contribution < -0.4 is 11.1 Å². The Morgan fingerprint density at radius 2 is 2.10 bits per heavy atom. The van der Waals surface area contributed by atoms with Crippen LogP contribution >= 0.6 is 24.8 Å². The van der Waals surface area contributed by atoms with Crippen molar-refractivity contribution in [3.63, 3.8) is 0 Å². The van der Waals surface area contributed by atoms with Gasteiger partial charge in [0.25, 0.3) is 0 Å². The number of carbonyl (C=O) groups excluding carboxylic acids is 1. The number of benzene rings is 1. The summed E-state index contributed by atoms with van der Waals surface area (Å²) < 4.78 is 0. The van der Waals surface area contributed by atoms with Crippen LogP contribution in [0, 0.1) is 5.92 Å². The number of amides is 1. The van der Waals surface area contributed by atoms with E-state index in [2.05, 4.69) is 23.2 Å². The lowest BCUT2D eigenvalue weighted by Gasteiger charge is -2.14. The Kier molecular flexibility index (Phi) is 8.90. The van der Waals surface area contributed by atoms with Crippen molar-refractivity contribution in [3.8, 4) is 0 Å². The minimum atomic E-state index is -0.149. The zero-order valence-electron chi connectivity index (χ0n) is 12.6. The molecular formula is C15H25Cl2N3O. The average Bonchev–Trinajstić information content (AvgIpc) is 2.81. The topological polar surface area (TPSA) is 58.4 Å². The molecule has 0 aromatic heterocycles. The number of anilines is 1. The van der Waals surface area contributed by atoms with Gasteiger partial charge in [0.2, 0.25) is 5.91 Å². The lowest BCUT2D eigenvalue weighted by molar-refractivity contribution is -0.119. The maximum absolute atomic E-state index is 11.9. The van der Waals surface area contributed by atoms with Crippen molar-refractivity contribution in [2.45, 2.75) is 33.4 Å². The molecule has 120 valence electrons. The molecule has 0 aliphatic carbocycles. The van der Waals surface area contributed by atoms with Gasteiger partial charge in [-0.05, 0) is 30.2 Å². The van der Waals surface area contributed by atoms with Gasteiger partial charge in [0.05, 0.1) is 0 Å². The maximum Gasteiger partial charge on any atom is 0.228 e. The number of rotatable bonds is 5. The molecule has 1 aliphatic heterocycles. The number of hydrogen-bond acceptors (Lipinski definition) is 3. The molecule has 1 aromatic rings. The number of halogens is 2. The fraction of sp³-hybridized carbons (Fsp3) is 0.533. The number of nitrogens with one attached hydrogen (secondary N) is 1. The Labute approximate surface area is 139 Å². The molecule has 6 heteroatoms. The predicted octanol–water partition coefficient (Wildman–Crippen LogP) is 2.79. The molecule has 1 heterocycles. The molecule has 1 amide bonds. The smallest absolute Gasteiger partial charge is 0.228 e. The molecule has 3 N–H and O–H groups in total. The minimum Gasteiger partial charge on any atom is -0.330 e. The highest BCUT2D eigenvalue weighted by atomic mass is 35.5. The van der Waals surface area contributed by atoms with E-state index >= 15 is 0 Å². The second-order valence-corrected chi connectivity index (χ2v) is 5.28. The quantitative estimate of drug-likeness (QED) is 0.871. The Morgan fingerprint density at radius 3 is 2.71 bits per heavy atom. The van der Waals surface area contributed by atoms with E-state index in [0.29, 0.717) is 6.54 Å². The van der Waals surface area contributed by atoms with Gasteiger partial charge in [-0.1, -0.05) is 26.0 Å². The summed E-state index contributed by atoms with van der Waals surface area (Å²) in [5.74, 6) is -0.145. The summed E-state index contributed by atoms with van der Waals surface area (Å²) in [4.78, 5) is 14.4. The first kappa shape index (κ1) is 20.2. The van der Waals surface area contributed by atoms with Crippen molar-refractivity contribution in [2.75, 3.05) is 18.4 Å². The lowest BCUT2D eigenvalue weighted by atomic mass is 10.1. The first-order valence-electron chi connectivity index (χ1n) is 6.99. The molecule has 0 radical (unpaired) electrons. The predicted molar refractivity (Wildman–Crippen MR) is 92.2 cm³/mol. The molecule has 0 saturated carbocycles. The fourth-order valence-corrected chi connectivity index (χ4v) is 2.44. The molecule has 1 atom stereocenters. The van der Waals surface area contributed by atoms with Crippen LogP contribution in [0.3, 0.4) is 0 Å². The van der Waals surface area contributed by atoms with Gasteiger partial charge in [-0.3, -0.25) is 9.69 Å². The van der Waals surface area contributed by atoms with Crippen molar-refractivity contribution >= 4 is 36.4 Å². The van der Waals surface area contributed by atoms with E-state index in [0.717, 1.165) is 31.7 Å². The Bertz CT molecular complexity index is 468. The highest BCUT2D eigenvalue weighted by Crippen LogP contribution is 2.29. The molecule has 0 saturated heterocycles. The van der Waals surface area contributed by atoms with Crippen molar-refractivity contribution < 1.29 is 4.79 Å². The van der Waals surface area contributed by atoms with E-state index < -0.39 is 0 Å². The molecular weight excluding hydrogens is 309 g/mol. The van der Waals surface area contributed by atoms with E-state index in [9.17, 15) is 4.79 Å². The van der Waals surface area contributed by atoms with Crippen molar-refractivity contribution in [2.24, 2.45) is 11.7 Å². The third-order valence-electron chi connectivity index (χ3n) is 3.65. The first-order valence-corrected chi connectivity index (χ1v) is 6.99. The molecule has 21 heavy (non-hydrogen) atoms. The SMILES string of the molecule is CCCN1Cc2cccc(NC(=O)C(C)CN)c2C1.Cl.Cl. The van der Waals surface area contributed by atoms with Crippen LogP contribution in [0.25, 0.3) is 0 Å². The van der Waals surface area contributed by atoms with Gasteiger partial charge in [-0.2, -0.15) is 0 Å². The van der Waals surface area contributed by atoms with Crippen LogP contribution in [-0.4, -0.2) is 23.9 Å². The highest BCUT2D eigenvalue weighted by Gasteiger charge is 2.22. The number of fused-ring (bicyclic) bond motifs is 1. The fourth-order valence-electron chi connectivity index (χ4n) is 2.44. The molecule has 1 unspecified atom stereocenters. The van der Waals surface area contributed by atoms with Gasteiger partial charge >= 0.3 is 0 Å². The number of nitrogens with zero attached hydrogens (tertiary/aromatic N) is 1. The van der Waals surface area contributed by atoms with E-state index in [1.807, 2.05) is 19.1 Å².